The molecule has 0 spiro atoms. The summed E-state index contributed by atoms with van der Waals surface area (Å²) < 4.78 is 57.8. The van der Waals surface area contributed by atoms with Gasteiger partial charge in [0.15, 0.2) is 6.29 Å². The lowest BCUT2D eigenvalue weighted by Crippen LogP contribution is -2.53. The lowest BCUT2D eigenvalue weighted by molar-refractivity contribution is 0.0280. The molecule has 8 aromatic rings. The second-order valence-electron chi connectivity index (χ2n) is 26.1. The molecule has 5 N–H and O–H groups in total. The fraction of sp³-hybridized carbons (Fsp3) is 0.426. The van der Waals surface area contributed by atoms with Gasteiger partial charge in [0.2, 0.25) is 11.8 Å². The van der Waals surface area contributed by atoms with Crippen LogP contribution in [0.3, 0.4) is 0 Å². The van der Waals surface area contributed by atoms with Crippen molar-refractivity contribution in [1.29, 1.82) is 10.5 Å². The molecule has 23 heteroatoms. The van der Waals surface area contributed by atoms with Crippen LogP contribution in [0.1, 0.15) is 133 Å². The maximum Gasteiger partial charge on any atom is 0.212 e. The van der Waals surface area contributed by atoms with Crippen LogP contribution in [0.15, 0.2) is 122 Å². The Kier molecular flexibility index (Phi) is 22.0. The highest BCUT2D eigenvalue weighted by Crippen LogP contribution is 2.40. The normalized spacial score (nSPS) is 15.8. The van der Waals surface area contributed by atoms with Gasteiger partial charge in [0, 0.05) is 60.9 Å². The lowest BCUT2D eigenvalue weighted by Gasteiger charge is -2.43. The van der Waals surface area contributed by atoms with Gasteiger partial charge >= 0.3 is 0 Å². The smallest absolute Gasteiger partial charge is 0.212 e. The lowest BCUT2D eigenvalue weighted by atomic mass is 9.81. The highest BCUT2D eigenvalue weighted by molar-refractivity contribution is 7.84. The molecule has 8 heterocycles. The van der Waals surface area contributed by atoms with Crippen molar-refractivity contribution < 1.29 is 42.4 Å². The molecule has 21 nitrogen and oxygen atoms in total. The van der Waals surface area contributed by atoms with E-state index in [1.165, 1.54) is 13.3 Å². The Balaban J connectivity index is 0.000000207. The van der Waals surface area contributed by atoms with Gasteiger partial charge < -0.3 is 34.5 Å². The molecule has 0 amide bonds. The molecule has 2 aliphatic rings. The van der Waals surface area contributed by atoms with Crippen molar-refractivity contribution in [3.8, 4) is 57.7 Å². The summed E-state index contributed by atoms with van der Waals surface area (Å²) in [6, 6.07) is 31.9. The number of carbonyl (C=O) groups is 1. The number of carbonyl (C=O) groups excluding carboxylic acids is 1. The topological polar surface area (TPSA) is 276 Å². The summed E-state index contributed by atoms with van der Waals surface area (Å²) in [6.07, 6.45) is 13.8. The van der Waals surface area contributed by atoms with E-state index in [2.05, 4.69) is 76.2 Å². The number of ether oxygens (including phenoxy) is 4. The standard InChI is InChI=1S/C34H42N6O4S.C27H35N5O3S.C7H7NO2/c1-32(2,3)45(42)38-34(13-15-39(16-14-34)21-24-7-12-30(43-6)36-19-24)27-10-8-25(9-11-27)29-17-28(44-23-33(4,5)41)22-40-31(29)26(18-35)20-37-40;1-25(2,3)36(34)31-27(10-12-29-13-11-27)21-8-6-19(7-9-21)23-14-22(35-18-26(4,5)33)17-32-24(23)20(15-28)16-30-32;1-10-7-3-2-6(5-9)4-8-7/h7-12,17,19-20,22,38,41H,13-16,21,23H2,1-6H3;6-9,14,16-17,29,31,33H,10-13,18H2,1-5H3;2-5H,1H3. The van der Waals surface area contributed by atoms with Crippen LogP contribution in [-0.2, 0) is 39.6 Å². The zero-order chi connectivity index (χ0) is 65.9. The van der Waals surface area contributed by atoms with Gasteiger partial charge in [-0.3, -0.25) is 9.69 Å². The number of aliphatic hydroxyl groups is 2. The third-order valence-electron chi connectivity index (χ3n) is 15.5. The Labute approximate surface area is 538 Å². The van der Waals surface area contributed by atoms with Crippen molar-refractivity contribution in [2.24, 2.45) is 0 Å². The molecular formula is C68H84N12O9S2. The number of hydrogen-bond acceptors (Lipinski definition) is 17. The van der Waals surface area contributed by atoms with Gasteiger partial charge in [-0.1, -0.05) is 54.6 Å². The molecule has 2 atom stereocenters. The van der Waals surface area contributed by atoms with E-state index >= 15 is 0 Å². The number of piperidine rings is 2. The first-order chi connectivity index (χ1) is 43.1. The van der Waals surface area contributed by atoms with E-state index in [1.807, 2.05) is 96.3 Å². The second kappa shape index (κ2) is 29.1. The number of nitrogens with zero attached hydrogens (tertiary/aromatic N) is 9. The minimum atomic E-state index is -1.28. The van der Waals surface area contributed by atoms with Gasteiger partial charge in [-0.2, -0.15) is 20.7 Å². The minimum absolute atomic E-state index is 0.106. The third kappa shape index (κ3) is 17.8. The van der Waals surface area contributed by atoms with Gasteiger partial charge in [0.25, 0.3) is 0 Å². The highest BCUT2D eigenvalue weighted by atomic mass is 32.2. The van der Waals surface area contributed by atoms with Gasteiger partial charge in [0.05, 0.1) is 115 Å². The number of nitriles is 2. The summed E-state index contributed by atoms with van der Waals surface area (Å²) in [5.41, 5.74) is 6.71. The van der Waals surface area contributed by atoms with E-state index in [4.69, 9.17) is 18.9 Å². The Morgan fingerprint density at radius 3 is 1.41 bits per heavy atom. The zero-order valence-electron chi connectivity index (χ0n) is 54.0. The molecule has 2 unspecified atom stereocenters. The van der Waals surface area contributed by atoms with Gasteiger partial charge in [-0.05, 0) is 154 Å². The number of fused-ring (bicyclic) bond motifs is 2. The Morgan fingerprint density at radius 1 is 0.615 bits per heavy atom. The van der Waals surface area contributed by atoms with Crippen LogP contribution in [-0.4, -0.2) is 133 Å². The van der Waals surface area contributed by atoms with E-state index in [-0.39, 0.29) is 23.5 Å². The molecule has 0 aliphatic carbocycles. The van der Waals surface area contributed by atoms with Crippen molar-refractivity contribution in [1.82, 2.24) is 48.9 Å². The fourth-order valence-corrected chi connectivity index (χ4v) is 12.4. The van der Waals surface area contributed by atoms with Crippen molar-refractivity contribution in [2.75, 3.05) is 53.6 Å². The molecule has 2 fully saturated rings. The first-order valence-electron chi connectivity index (χ1n) is 30.1. The SMILES string of the molecule is CC(C)(O)COc1cc(-c2ccc(C3(NS(=O)C(C)(C)C)CCNCC3)cc2)c2c(C#N)cnn2c1.COc1ccc(C=O)cn1.COc1ccc(CN2CCC(NS(=O)C(C)(C)C)(c3ccc(-c4cc(OCC(C)(C)O)cn5ncc(C#N)c45)cc3)CC2)cn1. The number of aldehydes is 1. The van der Waals surface area contributed by atoms with E-state index in [1.54, 1.807) is 80.8 Å². The van der Waals surface area contributed by atoms with Crippen molar-refractivity contribution in [3.05, 3.63) is 155 Å². The molecule has 2 aliphatic heterocycles. The summed E-state index contributed by atoms with van der Waals surface area (Å²) in [4.78, 5) is 20.7. The van der Waals surface area contributed by atoms with E-state index < -0.39 is 43.5 Å². The highest BCUT2D eigenvalue weighted by Gasteiger charge is 2.41. The Bertz CT molecular complexity index is 3890. The van der Waals surface area contributed by atoms with Crippen molar-refractivity contribution in [3.63, 3.8) is 0 Å². The van der Waals surface area contributed by atoms with Gasteiger partial charge in [0.1, 0.15) is 36.9 Å². The molecule has 0 saturated carbocycles. The molecule has 2 aromatic carbocycles. The first-order valence-corrected chi connectivity index (χ1v) is 32.4. The molecule has 0 radical (unpaired) electrons. The minimum Gasteiger partial charge on any atom is -0.489 e. The van der Waals surface area contributed by atoms with Crippen LogP contribution in [0.2, 0.25) is 0 Å². The number of aromatic nitrogens is 6. The van der Waals surface area contributed by atoms with Crippen molar-refractivity contribution >= 4 is 39.3 Å². The molecule has 482 valence electrons. The zero-order valence-corrected chi connectivity index (χ0v) is 55.6. The van der Waals surface area contributed by atoms with Crippen LogP contribution in [0.25, 0.3) is 33.3 Å². The average Bonchev–Trinajstić information content (AvgIpc) is 1.80. The fourth-order valence-electron chi connectivity index (χ4n) is 10.4. The Hall–Kier alpha value is -7.97. The van der Waals surface area contributed by atoms with E-state index in [0.29, 0.717) is 51.0 Å². The maximum atomic E-state index is 13.5. The number of methoxy groups -OCH3 is 2. The van der Waals surface area contributed by atoms with E-state index in [0.717, 1.165) is 104 Å². The van der Waals surface area contributed by atoms with Crippen LogP contribution in [0.4, 0.5) is 0 Å². The maximum absolute atomic E-state index is 13.5. The Morgan fingerprint density at radius 2 is 1.04 bits per heavy atom. The van der Waals surface area contributed by atoms with Crippen LogP contribution in [0.5, 0.6) is 23.3 Å². The summed E-state index contributed by atoms with van der Waals surface area (Å²) >= 11 is 0. The summed E-state index contributed by atoms with van der Waals surface area (Å²) in [7, 11) is 0.657. The van der Waals surface area contributed by atoms with Crippen LogP contribution >= 0.6 is 0 Å². The van der Waals surface area contributed by atoms with Crippen LogP contribution < -0.4 is 33.7 Å². The second-order valence-corrected chi connectivity index (χ2v) is 30.0. The summed E-state index contributed by atoms with van der Waals surface area (Å²) in [5, 5.41) is 51.9. The van der Waals surface area contributed by atoms with Crippen molar-refractivity contribution in [2.45, 2.75) is 133 Å². The monoisotopic (exact) mass is 1280 g/mol. The molecule has 2 saturated heterocycles. The van der Waals surface area contributed by atoms with Gasteiger partial charge in [-0.25, -0.2) is 36.9 Å². The molecule has 0 bridgehead atoms. The largest absolute Gasteiger partial charge is 0.489 e. The predicted molar refractivity (Wildman–Crippen MR) is 353 cm³/mol. The molecular weight excluding hydrogens is 1190 g/mol. The number of hydrogen-bond donors (Lipinski definition) is 5. The summed E-state index contributed by atoms with van der Waals surface area (Å²) in [5.74, 6) is 2.20. The quantitative estimate of drug-likeness (QED) is 0.0471. The predicted octanol–water partition coefficient (Wildman–Crippen LogP) is 9.53. The molecule has 6 aromatic heterocycles. The number of pyridine rings is 4. The number of likely N-dealkylation sites (tertiary alicyclic amines) is 1. The van der Waals surface area contributed by atoms with E-state index in [9.17, 15) is 33.9 Å². The average molecular weight is 1280 g/mol. The summed E-state index contributed by atoms with van der Waals surface area (Å²) in [6.45, 7) is 23.0. The molecule has 10 rings (SSSR count). The van der Waals surface area contributed by atoms with Crippen LogP contribution in [0, 0.1) is 22.7 Å². The number of nitrogens with one attached hydrogen (secondary N) is 3. The third-order valence-corrected chi connectivity index (χ3v) is 18.8. The number of benzene rings is 2. The number of rotatable bonds is 19. The molecule has 91 heavy (non-hydrogen) atoms. The first kappa shape index (κ1) is 68.9. The van der Waals surface area contributed by atoms with Gasteiger partial charge in [-0.15, -0.1) is 0 Å².